The van der Waals surface area contributed by atoms with Crippen LogP contribution in [0.2, 0.25) is 0 Å². The molecule has 0 aliphatic carbocycles. The van der Waals surface area contributed by atoms with Crippen molar-refractivity contribution >= 4 is 23.5 Å². The van der Waals surface area contributed by atoms with Gasteiger partial charge in [-0.25, -0.2) is 0 Å². The van der Waals surface area contributed by atoms with Crippen LogP contribution in [0.25, 0.3) is 0 Å². The van der Waals surface area contributed by atoms with Crippen LogP contribution in [0.4, 0.5) is 5.69 Å². The Morgan fingerprint density at radius 1 is 1.10 bits per heavy atom. The summed E-state index contributed by atoms with van der Waals surface area (Å²) in [5.41, 5.74) is 4.59. The van der Waals surface area contributed by atoms with Crippen molar-refractivity contribution in [1.82, 2.24) is 5.32 Å². The number of anilines is 1. The molecule has 1 N–H and O–H groups in total. The molecule has 0 bridgehead atoms. The first kappa shape index (κ1) is 20.6. The fraction of sp³-hybridized carbons (Fsp3) is 0.348. The van der Waals surface area contributed by atoms with Crippen LogP contribution in [0.15, 0.2) is 42.5 Å². The number of benzene rings is 2. The number of nitrogens with one attached hydrogen (secondary N) is 1. The van der Waals surface area contributed by atoms with Crippen molar-refractivity contribution in [1.29, 1.82) is 0 Å². The Labute approximate surface area is 170 Å². The first-order chi connectivity index (χ1) is 14.0. The van der Waals surface area contributed by atoms with Crippen molar-refractivity contribution < 1.29 is 19.1 Å². The maximum Gasteiger partial charge on any atom is 0.315 e. The van der Waals surface area contributed by atoms with Crippen molar-refractivity contribution in [2.75, 3.05) is 18.6 Å². The topological polar surface area (TPSA) is 75.7 Å². The Bertz CT molecular complexity index is 923. The normalized spacial score (nSPS) is 13.2. The van der Waals surface area contributed by atoms with E-state index in [1.165, 1.54) is 12.7 Å². The molecule has 2 aromatic rings. The number of hydrogen-bond acceptors (Lipinski definition) is 4. The summed E-state index contributed by atoms with van der Waals surface area (Å²) in [6, 6.07) is 13.6. The number of nitrogens with zero attached hydrogens (tertiary/aromatic N) is 1. The summed E-state index contributed by atoms with van der Waals surface area (Å²) in [5.74, 6) is -0.966. The molecule has 0 spiro atoms. The monoisotopic (exact) mass is 394 g/mol. The predicted molar refractivity (Wildman–Crippen MR) is 111 cm³/mol. The number of hydrogen-bond donors (Lipinski definition) is 1. The van der Waals surface area contributed by atoms with Crippen LogP contribution in [0.1, 0.15) is 46.3 Å². The minimum Gasteiger partial charge on any atom is -0.469 e. The summed E-state index contributed by atoms with van der Waals surface area (Å²) in [5, 5.41) is 2.69. The van der Waals surface area contributed by atoms with Gasteiger partial charge < -0.3 is 15.0 Å². The minimum absolute atomic E-state index is 0.00173. The third kappa shape index (κ3) is 5.02. The maximum absolute atomic E-state index is 13.3. The summed E-state index contributed by atoms with van der Waals surface area (Å²) >= 11 is 0. The number of aryl methyl sites for hydroxylation is 2. The molecule has 2 aromatic carbocycles. The van der Waals surface area contributed by atoms with E-state index in [4.69, 9.17) is 0 Å². The highest BCUT2D eigenvalue weighted by atomic mass is 16.5. The standard InChI is InChI=1S/C23H26N2O4/c1-16-13-17(15-24-21(26)14-22(27)29-2)10-11-19(16)23(28)25-12-6-5-8-18-7-3-4-9-20(18)25/h3-4,7,9-11,13H,5-6,8,12,14-15H2,1-2H3,(H,24,26). The fourth-order valence-electron chi connectivity index (χ4n) is 3.59. The molecular formula is C23H26N2O4. The number of fused-ring (bicyclic) bond motifs is 1. The molecule has 0 atom stereocenters. The molecular weight excluding hydrogens is 368 g/mol. The molecule has 0 unspecified atom stereocenters. The van der Waals surface area contributed by atoms with Gasteiger partial charge in [-0.1, -0.05) is 30.3 Å². The number of carbonyl (C=O) groups is 3. The van der Waals surface area contributed by atoms with E-state index in [0.717, 1.165) is 36.1 Å². The largest absolute Gasteiger partial charge is 0.469 e. The second-order valence-electron chi connectivity index (χ2n) is 7.22. The summed E-state index contributed by atoms with van der Waals surface area (Å²) in [7, 11) is 1.25. The minimum atomic E-state index is -0.572. The van der Waals surface area contributed by atoms with Crippen LogP contribution in [0, 0.1) is 6.92 Å². The van der Waals surface area contributed by atoms with Crippen molar-refractivity contribution in [3.8, 4) is 0 Å². The van der Waals surface area contributed by atoms with Crippen LogP contribution < -0.4 is 10.2 Å². The van der Waals surface area contributed by atoms with Gasteiger partial charge in [-0.15, -0.1) is 0 Å². The third-order valence-electron chi connectivity index (χ3n) is 5.15. The number of ether oxygens (including phenoxy) is 1. The summed E-state index contributed by atoms with van der Waals surface area (Å²) < 4.78 is 4.48. The van der Waals surface area contributed by atoms with Crippen LogP contribution in [-0.2, 0) is 27.3 Å². The average molecular weight is 394 g/mol. The molecule has 29 heavy (non-hydrogen) atoms. The maximum atomic E-state index is 13.3. The van der Waals surface area contributed by atoms with Gasteiger partial charge in [0.2, 0.25) is 5.91 Å². The van der Waals surface area contributed by atoms with Gasteiger partial charge >= 0.3 is 5.97 Å². The predicted octanol–water partition coefficient (Wildman–Crippen LogP) is 3.16. The van der Waals surface area contributed by atoms with Crippen LogP contribution in [0.5, 0.6) is 0 Å². The lowest BCUT2D eigenvalue weighted by Crippen LogP contribution is -2.32. The molecule has 0 saturated heterocycles. The van der Waals surface area contributed by atoms with Crippen molar-refractivity contribution in [3.63, 3.8) is 0 Å². The smallest absolute Gasteiger partial charge is 0.315 e. The van der Waals surface area contributed by atoms with Gasteiger partial charge in [0.15, 0.2) is 0 Å². The molecule has 0 aromatic heterocycles. The zero-order valence-electron chi connectivity index (χ0n) is 16.9. The lowest BCUT2D eigenvalue weighted by atomic mass is 10.0. The number of para-hydroxylation sites is 1. The zero-order chi connectivity index (χ0) is 20.8. The van der Waals surface area contributed by atoms with E-state index < -0.39 is 11.9 Å². The molecule has 1 heterocycles. The first-order valence-electron chi connectivity index (χ1n) is 9.82. The fourth-order valence-corrected chi connectivity index (χ4v) is 3.59. The van der Waals surface area contributed by atoms with Crippen LogP contribution in [0.3, 0.4) is 0 Å². The van der Waals surface area contributed by atoms with E-state index in [9.17, 15) is 14.4 Å². The van der Waals surface area contributed by atoms with Gasteiger partial charge in [-0.2, -0.15) is 0 Å². The molecule has 6 heteroatoms. The van der Waals surface area contributed by atoms with Gasteiger partial charge in [-0.3, -0.25) is 14.4 Å². The number of rotatable bonds is 5. The third-order valence-corrected chi connectivity index (χ3v) is 5.15. The Balaban J connectivity index is 1.72. The van der Waals surface area contributed by atoms with Crippen molar-refractivity contribution in [2.24, 2.45) is 0 Å². The quantitative estimate of drug-likeness (QED) is 0.624. The van der Waals surface area contributed by atoms with Crippen molar-refractivity contribution in [2.45, 2.75) is 39.2 Å². The van der Waals surface area contributed by atoms with Gasteiger partial charge in [-0.05, 0) is 55.0 Å². The summed E-state index contributed by atoms with van der Waals surface area (Å²) in [6.07, 6.45) is 2.73. The van der Waals surface area contributed by atoms with E-state index >= 15 is 0 Å². The summed E-state index contributed by atoms with van der Waals surface area (Å²) in [4.78, 5) is 38.0. The molecule has 152 valence electrons. The van der Waals surface area contributed by atoms with Crippen LogP contribution >= 0.6 is 0 Å². The molecule has 1 aliphatic heterocycles. The Morgan fingerprint density at radius 2 is 1.90 bits per heavy atom. The van der Waals surface area contributed by atoms with Crippen LogP contribution in [-0.4, -0.2) is 31.4 Å². The lowest BCUT2D eigenvalue weighted by Gasteiger charge is -2.24. The van der Waals surface area contributed by atoms with E-state index in [0.29, 0.717) is 12.1 Å². The van der Waals surface area contributed by atoms with Gasteiger partial charge in [0, 0.05) is 24.3 Å². The lowest BCUT2D eigenvalue weighted by molar-refractivity contribution is -0.143. The highest BCUT2D eigenvalue weighted by molar-refractivity contribution is 6.07. The first-order valence-corrected chi connectivity index (χ1v) is 9.82. The van der Waals surface area contributed by atoms with E-state index in [1.807, 2.05) is 48.2 Å². The highest BCUT2D eigenvalue weighted by Crippen LogP contribution is 2.28. The van der Waals surface area contributed by atoms with Gasteiger partial charge in [0.25, 0.3) is 5.91 Å². The van der Waals surface area contributed by atoms with Gasteiger partial charge in [0.05, 0.1) is 7.11 Å². The molecule has 1 aliphatic rings. The number of carbonyl (C=O) groups excluding carboxylic acids is 3. The average Bonchev–Trinajstić information content (AvgIpc) is 2.94. The highest BCUT2D eigenvalue weighted by Gasteiger charge is 2.23. The summed E-state index contributed by atoms with van der Waals surface area (Å²) in [6.45, 7) is 2.90. The molecule has 0 radical (unpaired) electrons. The van der Waals surface area contributed by atoms with Gasteiger partial charge in [0.1, 0.15) is 6.42 Å². The Hall–Kier alpha value is -3.15. The molecule has 2 amide bonds. The van der Waals surface area contributed by atoms with E-state index in [1.54, 1.807) is 0 Å². The van der Waals surface area contributed by atoms with E-state index in [2.05, 4.69) is 16.1 Å². The number of methoxy groups -OCH3 is 1. The Morgan fingerprint density at radius 3 is 2.66 bits per heavy atom. The molecule has 6 nitrogen and oxygen atoms in total. The van der Waals surface area contributed by atoms with Crippen molar-refractivity contribution in [3.05, 3.63) is 64.7 Å². The molecule has 0 saturated carbocycles. The molecule has 0 fully saturated rings. The number of esters is 1. The zero-order valence-corrected chi connectivity index (χ0v) is 16.9. The second kappa shape index (κ2) is 9.37. The molecule has 3 rings (SSSR count). The van der Waals surface area contributed by atoms with E-state index in [-0.39, 0.29) is 18.9 Å². The Kier molecular flexibility index (Phi) is 6.65. The number of amides is 2. The SMILES string of the molecule is COC(=O)CC(=O)NCc1ccc(C(=O)N2CCCCc3ccccc32)c(C)c1. The second-order valence-corrected chi connectivity index (χ2v) is 7.22.